The zero-order valence-electron chi connectivity index (χ0n) is 25.9. The van der Waals surface area contributed by atoms with Crippen molar-refractivity contribution < 1.29 is 23.7 Å². The van der Waals surface area contributed by atoms with Gasteiger partial charge in [-0.1, -0.05) is 37.3 Å². The Labute approximate surface area is 266 Å². The van der Waals surface area contributed by atoms with E-state index in [-0.39, 0.29) is 46.1 Å². The van der Waals surface area contributed by atoms with Crippen LogP contribution in [0.3, 0.4) is 0 Å². The lowest BCUT2D eigenvalue weighted by atomic mass is 9.92. The molecule has 46 heavy (non-hydrogen) atoms. The van der Waals surface area contributed by atoms with Gasteiger partial charge < -0.3 is 19.8 Å². The number of aliphatic hydroxyl groups is 1. The number of nitrogens with zero attached hydrogens (tertiary/aromatic N) is 5. The van der Waals surface area contributed by atoms with Crippen molar-refractivity contribution in [1.82, 2.24) is 19.9 Å². The number of benzene rings is 2. The van der Waals surface area contributed by atoms with Crippen LogP contribution in [0, 0.1) is 23.5 Å². The fourth-order valence-corrected chi connectivity index (χ4v) is 8.60. The normalized spacial score (nSPS) is 24.0. The largest absolute Gasteiger partial charge is 0.508 e. The summed E-state index contributed by atoms with van der Waals surface area (Å²) < 4.78 is 38.2. The van der Waals surface area contributed by atoms with Gasteiger partial charge in [-0.3, -0.25) is 9.88 Å². The first-order chi connectivity index (χ1) is 22.1. The number of aliphatic hydroxyl groups excluding tert-OH is 1. The van der Waals surface area contributed by atoms with E-state index in [0.29, 0.717) is 59.6 Å². The fourth-order valence-electron chi connectivity index (χ4n) is 8.60. The van der Waals surface area contributed by atoms with Gasteiger partial charge in [0, 0.05) is 43.9 Å². The Balaban J connectivity index is 1.27. The maximum atomic E-state index is 16.9. The number of halogens is 2. The quantitative estimate of drug-likeness (QED) is 0.255. The highest BCUT2D eigenvalue weighted by molar-refractivity contribution is 6.01. The van der Waals surface area contributed by atoms with Crippen LogP contribution < -0.4 is 9.64 Å². The second-order valence-corrected chi connectivity index (χ2v) is 13.8. The molecule has 0 spiro atoms. The maximum Gasteiger partial charge on any atom is 0.319 e. The van der Waals surface area contributed by atoms with E-state index in [4.69, 9.17) is 9.72 Å². The van der Waals surface area contributed by atoms with Crippen LogP contribution in [0.15, 0.2) is 54.8 Å². The van der Waals surface area contributed by atoms with Crippen LogP contribution in [0.25, 0.3) is 32.9 Å². The SMILES string of the molecule is C=C1CN2CC(=C)CC2(COc2nc(N3C[C@@H]4C[C@H](C3)[C@H](O)C4)c3cnc(-c4cc(O)cc5ccc(F)c(CC)c45)c(F)c3n2)C1. The van der Waals surface area contributed by atoms with Crippen molar-refractivity contribution in [3.05, 3.63) is 72.0 Å². The number of aromatic hydroxyl groups is 1. The Bertz CT molecular complexity index is 1920. The minimum absolute atomic E-state index is 0.0374. The number of rotatable bonds is 6. The first kappa shape index (κ1) is 29.3. The molecule has 3 aliphatic heterocycles. The number of piperidine rings is 1. The third-order valence-electron chi connectivity index (χ3n) is 10.5. The van der Waals surface area contributed by atoms with Crippen molar-refractivity contribution >= 4 is 27.5 Å². The van der Waals surface area contributed by atoms with Crippen LogP contribution in [0.5, 0.6) is 11.8 Å². The van der Waals surface area contributed by atoms with Crippen LogP contribution in [-0.2, 0) is 6.42 Å². The van der Waals surface area contributed by atoms with E-state index in [0.717, 1.165) is 49.9 Å². The summed E-state index contributed by atoms with van der Waals surface area (Å²) in [6.07, 6.45) is 4.81. The number of aryl methyl sites for hydroxylation is 1. The molecule has 0 amide bonds. The third kappa shape index (κ3) is 4.64. The summed E-state index contributed by atoms with van der Waals surface area (Å²) in [5.74, 6) is -0.248. The molecule has 0 radical (unpaired) electrons. The van der Waals surface area contributed by atoms with Crippen molar-refractivity contribution in [2.24, 2.45) is 11.8 Å². The molecule has 10 heteroatoms. The van der Waals surface area contributed by atoms with E-state index in [1.165, 1.54) is 12.1 Å². The summed E-state index contributed by atoms with van der Waals surface area (Å²) in [4.78, 5) is 18.5. The second-order valence-electron chi connectivity index (χ2n) is 13.8. The maximum absolute atomic E-state index is 16.9. The summed E-state index contributed by atoms with van der Waals surface area (Å²) in [5, 5.41) is 22.7. The molecular formula is C36H37F2N5O3. The zero-order chi connectivity index (χ0) is 31.9. The minimum atomic E-state index is -0.701. The molecule has 1 saturated carbocycles. The molecule has 4 aliphatic rings. The van der Waals surface area contributed by atoms with Gasteiger partial charge in [0.2, 0.25) is 0 Å². The van der Waals surface area contributed by atoms with E-state index in [9.17, 15) is 14.6 Å². The number of phenols is 1. The topological polar surface area (TPSA) is 94.8 Å². The van der Waals surface area contributed by atoms with Crippen molar-refractivity contribution in [2.75, 3.05) is 37.7 Å². The van der Waals surface area contributed by atoms with Crippen LogP contribution in [0.1, 0.15) is 38.2 Å². The van der Waals surface area contributed by atoms with Gasteiger partial charge in [0.1, 0.15) is 35.2 Å². The highest BCUT2D eigenvalue weighted by Crippen LogP contribution is 2.44. The molecular weight excluding hydrogens is 588 g/mol. The summed E-state index contributed by atoms with van der Waals surface area (Å²) in [6.45, 7) is 13.4. The Morgan fingerprint density at radius 3 is 2.59 bits per heavy atom. The number of pyridine rings is 1. The highest BCUT2D eigenvalue weighted by atomic mass is 19.1. The smallest absolute Gasteiger partial charge is 0.319 e. The molecule has 0 unspecified atom stereocenters. The predicted molar refractivity (Wildman–Crippen MR) is 173 cm³/mol. The second kappa shape index (κ2) is 10.7. The number of ether oxygens (including phenoxy) is 1. The van der Waals surface area contributed by atoms with E-state index in [2.05, 4.69) is 32.9 Å². The van der Waals surface area contributed by atoms with Crippen LogP contribution in [0.2, 0.25) is 0 Å². The van der Waals surface area contributed by atoms with E-state index in [1.807, 2.05) is 6.92 Å². The summed E-state index contributed by atoms with van der Waals surface area (Å²) >= 11 is 0. The molecule has 4 fully saturated rings. The number of hydrogen-bond acceptors (Lipinski definition) is 8. The molecule has 3 saturated heterocycles. The lowest BCUT2D eigenvalue weighted by molar-refractivity contribution is 0.108. The monoisotopic (exact) mass is 625 g/mol. The van der Waals surface area contributed by atoms with E-state index < -0.39 is 11.6 Å². The first-order valence-corrected chi connectivity index (χ1v) is 16.1. The van der Waals surface area contributed by atoms with Gasteiger partial charge in [-0.15, -0.1) is 0 Å². The van der Waals surface area contributed by atoms with Crippen molar-refractivity contribution in [2.45, 2.75) is 50.7 Å². The Hall–Kier alpha value is -4.15. The molecule has 2 N–H and O–H groups in total. The average molecular weight is 626 g/mol. The Morgan fingerprint density at radius 2 is 1.85 bits per heavy atom. The lowest BCUT2D eigenvalue weighted by Gasteiger charge is -2.34. The Kier molecular flexibility index (Phi) is 6.81. The molecule has 3 atom stereocenters. The molecule has 8 nitrogen and oxygen atoms in total. The molecule has 2 bridgehead atoms. The van der Waals surface area contributed by atoms with E-state index >= 15 is 4.39 Å². The molecule has 2 aromatic heterocycles. The molecule has 8 rings (SSSR count). The summed E-state index contributed by atoms with van der Waals surface area (Å²) in [6, 6.07) is 5.97. The Morgan fingerprint density at radius 1 is 1.07 bits per heavy atom. The number of aromatic nitrogens is 3. The minimum Gasteiger partial charge on any atom is -0.508 e. The van der Waals surface area contributed by atoms with Crippen LogP contribution >= 0.6 is 0 Å². The molecule has 4 aromatic rings. The number of phenolic OH excluding ortho intramolecular Hbond substituents is 1. The molecule has 1 aliphatic carbocycles. The van der Waals surface area contributed by atoms with Crippen LogP contribution in [0.4, 0.5) is 14.6 Å². The predicted octanol–water partition coefficient (Wildman–Crippen LogP) is 5.94. The van der Waals surface area contributed by atoms with Gasteiger partial charge in [-0.2, -0.15) is 9.97 Å². The van der Waals surface area contributed by atoms with Gasteiger partial charge in [-0.05, 0) is 72.6 Å². The van der Waals surface area contributed by atoms with Gasteiger partial charge in [0.05, 0.1) is 17.0 Å². The highest BCUT2D eigenvalue weighted by Gasteiger charge is 2.48. The molecule has 2 aromatic carbocycles. The first-order valence-electron chi connectivity index (χ1n) is 16.1. The molecule has 238 valence electrons. The standard InChI is InChI=1S/C36H37F2N5O3/c1-4-25-28(37)6-5-22-9-24(44)10-26(30(22)25)32-31(38)33-27(13-39-32)34(42-16-21-7-23(17-42)29(45)8-21)41-35(40-33)46-18-36-11-19(2)14-43(36)15-20(3)12-36/h5-6,9-10,13,21,23,29,44-45H,2-4,7-8,11-12,14-18H2,1H3/t21-,23-,29-/m1/s1. The number of anilines is 1. The summed E-state index contributed by atoms with van der Waals surface area (Å²) in [7, 11) is 0. The average Bonchev–Trinajstić information content (AvgIpc) is 3.59. The van der Waals surface area contributed by atoms with E-state index in [1.54, 1.807) is 18.3 Å². The number of hydrogen-bond donors (Lipinski definition) is 2. The van der Waals surface area contributed by atoms with Gasteiger partial charge in [0.15, 0.2) is 5.82 Å². The number of fused-ring (bicyclic) bond motifs is 5. The van der Waals surface area contributed by atoms with Gasteiger partial charge in [0.25, 0.3) is 0 Å². The summed E-state index contributed by atoms with van der Waals surface area (Å²) in [5.41, 5.74) is 2.70. The van der Waals surface area contributed by atoms with Crippen molar-refractivity contribution in [3.8, 4) is 23.0 Å². The van der Waals surface area contributed by atoms with Crippen LogP contribution in [-0.4, -0.2) is 74.5 Å². The fraction of sp³-hybridized carbons (Fsp3) is 0.417. The van der Waals surface area contributed by atoms with Crippen molar-refractivity contribution in [3.63, 3.8) is 0 Å². The van der Waals surface area contributed by atoms with Crippen molar-refractivity contribution in [1.29, 1.82) is 0 Å². The lowest BCUT2D eigenvalue weighted by Crippen LogP contribution is -2.43. The third-order valence-corrected chi connectivity index (χ3v) is 10.5. The zero-order valence-corrected chi connectivity index (χ0v) is 25.9. The van der Waals surface area contributed by atoms with Gasteiger partial charge >= 0.3 is 6.01 Å². The molecule has 5 heterocycles. The van der Waals surface area contributed by atoms with Gasteiger partial charge in [-0.25, -0.2) is 8.78 Å².